The van der Waals surface area contributed by atoms with E-state index in [-0.39, 0.29) is 21.6 Å². The van der Waals surface area contributed by atoms with Gasteiger partial charge in [-0.15, -0.1) is 0 Å². The second-order valence-corrected chi connectivity index (χ2v) is 8.04. The number of H-pyrrole nitrogens is 1. The quantitative estimate of drug-likeness (QED) is 0.731. The zero-order valence-corrected chi connectivity index (χ0v) is 15.2. The van der Waals surface area contributed by atoms with Crippen LogP contribution in [0.1, 0.15) is 19.4 Å². The Labute approximate surface area is 150 Å². The van der Waals surface area contributed by atoms with Gasteiger partial charge in [-0.2, -0.15) is 5.26 Å². The molecule has 2 aromatic carbocycles. The molecule has 0 spiro atoms. The van der Waals surface area contributed by atoms with Crippen LogP contribution in [0.2, 0.25) is 0 Å². The first-order chi connectivity index (χ1) is 12.2. The molecule has 3 N–H and O–H groups in total. The lowest BCUT2D eigenvalue weighted by atomic mass is 9.99. The summed E-state index contributed by atoms with van der Waals surface area (Å²) in [4.78, 5) is 12.2. The third kappa shape index (κ3) is 3.14. The second-order valence-electron chi connectivity index (χ2n) is 6.51. The Morgan fingerprint density at radius 1 is 1.27 bits per heavy atom. The van der Waals surface area contributed by atoms with E-state index < -0.39 is 10.0 Å². The van der Waals surface area contributed by atoms with Crippen molar-refractivity contribution in [3.8, 4) is 17.2 Å². The first-order valence-electron chi connectivity index (χ1n) is 8.01. The number of aromatic nitrogens is 2. The molecule has 3 aromatic rings. The minimum atomic E-state index is -4.03. The maximum atomic E-state index is 12.3. The Kier molecular flexibility index (Phi) is 4.44. The van der Waals surface area contributed by atoms with Gasteiger partial charge in [0.1, 0.15) is 0 Å². The SMILES string of the molecule is CC(C)Cn1[nH]c(=O)c2cc(-c3c(C#N)cccc3S(N)(=O)=O)ccc21. The van der Waals surface area contributed by atoms with Gasteiger partial charge in [-0.05, 0) is 35.7 Å². The summed E-state index contributed by atoms with van der Waals surface area (Å²) in [6.07, 6.45) is 0. The fourth-order valence-electron chi connectivity index (χ4n) is 3.02. The van der Waals surface area contributed by atoms with Gasteiger partial charge in [-0.3, -0.25) is 14.6 Å². The van der Waals surface area contributed by atoms with E-state index >= 15 is 0 Å². The second kappa shape index (κ2) is 6.44. The number of nitrogens with two attached hydrogens (primary N) is 1. The molecule has 0 aliphatic carbocycles. The van der Waals surface area contributed by atoms with Crippen LogP contribution in [0.4, 0.5) is 0 Å². The van der Waals surface area contributed by atoms with Crippen LogP contribution < -0.4 is 10.7 Å². The molecular formula is C18H18N4O3S. The lowest BCUT2D eigenvalue weighted by Crippen LogP contribution is -2.14. The fourth-order valence-corrected chi connectivity index (χ4v) is 3.80. The molecule has 0 bridgehead atoms. The Morgan fingerprint density at radius 3 is 2.62 bits per heavy atom. The van der Waals surface area contributed by atoms with Crippen LogP contribution in [0, 0.1) is 17.2 Å². The van der Waals surface area contributed by atoms with E-state index in [1.165, 1.54) is 18.2 Å². The molecule has 26 heavy (non-hydrogen) atoms. The first kappa shape index (κ1) is 17.9. The summed E-state index contributed by atoms with van der Waals surface area (Å²) in [6.45, 7) is 4.73. The Morgan fingerprint density at radius 2 is 2.00 bits per heavy atom. The molecule has 0 aliphatic heterocycles. The monoisotopic (exact) mass is 370 g/mol. The van der Waals surface area contributed by atoms with Crippen molar-refractivity contribution in [2.45, 2.75) is 25.3 Å². The van der Waals surface area contributed by atoms with Crippen molar-refractivity contribution >= 4 is 20.9 Å². The standard InChI is InChI=1S/C18H18N4O3S/c1-11(2)10-22-15-7-6-12(8-14(15)18(23)21-22)17-13(9-19)4-3-5-16(17)26(20,24)25/h3-8,11H,10H2,1-2H3,(H,21,23)(H2,20,24,25). The van der Waals surface area contributed by atoms with E-state index in [0.29, 0.717) is 23.4 Å². The summed E-state index contributed by atoms with van der Waals surface area (Å²) in [5, 5.41) is 17.9. The van der Waals surface area contributed by atoms with Crippen LogP contribution in [-0.2, 0) is 16.6 Å². The molecule has 8 heteroatoms. The number of nitrogens with zero attached hydrogens (tertiary/aromatic N) is 2. The van der Waals surface area contributed by atoms with Gasteiger partial charge in [0.15, 0.2) is 0 Å². The van der Waals surface area contributed by atoms with Crippen molar-refractivity contribution in [2.75, 3.05) is 0 Å². The van der Waals surface area contributed by atoms with E-state index in [1.807, 2.05) is 19.9 Å². The molecule has 0 amide bonds. The molecule has 0 radical (unpaired) electrons. The van der Waals surface area contributed by atoms with Crippen LogP contribution in [0.15, 0.2) is 46.1 Å². The molecule has 0 aliphatic rings. The van der Waals surface area contributed by atoms with Gasteiger partial charge in [0.2, 0.25) is 10.0 Å². The predicted octanol–water partition coefficient (Wildman–Crippen LogP) is 2.17. The average molecular weight is 370 g/mol. The molecule has 0 atom stereocenters. The smallest absolute Gasteiger partial charge is 0.271 e. The van der Waals surface area contributed by atoms with Gasteiger partial charge in [0, 0.05) is 12.1 Å². The molecule has 0 unspecified atom stereocenters. The molecule has 3 rings (SSSR count). The summed E-state index contributed by atoms with van der Waals surface area (Å²) in [6, 6.07) is 11.3. The normalized spacial score (nSPS) is 11.8. The van der Waals surface area contributed by atoms with Gasteiger partial charge < -0.3 is 0 Å². The van der Waals surface area contributed by atoms with Crippen LogP contribution in [0.5, 0.6) is 0 Å². The van der Waals surface area contributed by atoms with Gasteiger partial charge in [-0.25, -0.2) is 13.6 Å². The number of benzene rings is 2. The summed E-state index contributed by atoms with van der Waals surface area (Å²) < 4.78 is 25.7. The zero-order chi connectivity index (χ0) is 19.1. The lowest BCUT2D eigenvalue weighted by molar-refractivity contribution is 0.492. The summed E-state index contributed by atoms with van der Waals surface area (Å²) in [5.41, 5.74) is 1.28. The van der Waals surface area contributed by atoms with Crippen molar-refractivity contribution in [1.82, 2.24) is 9.78 Å². The third-order valence-corrected chi connectivity index (χ3v) is 5.01. The highest BCUT2D eigenvalue weighted by Crippen LogP contribution is 2.31. The van der Waals surface area contributed by atoms with Crippen molar-refractivity contribution in [2.24, 2.45) is 11.1 Å². The molecule has 0 saturated carbocycles. The van der Waals surface area contributed by atoms with Crippen molar-refractivity contribution in [3.05, 3.63) is 52.3 Å². The van der Waals surface area contributed by atoms with E-state index in [4.69, 9.17) is 5.14 Å². The first-order valence-corrected chi connectivity index (χ1v) is 9.56. The molecule has 7 nitrogen and oxygen atoms in total. The van der Waals surface area contributed by atoms with E-state index in [2.05, 4.69) is 5.10 Å². The Hall–Kier alpha value is -2.89. The Balaban J connectivity index is 2.30. The maximum absolute atomic E-state index is 12.3. The van der Waals surface area contributed by atoms with Gasteiger partial charge in [0.05, 0.1) is 27.4 Å². The highest BCUT2D eigenvalue weighted by Gasteiger charge is 2.20. The van der Waals surface area contributed by atoms with Crippen molar-refractivity contribution in [1.29, 1.82) is 5.26 Å². The number of nitrogens with one attached hydrogen (secondary N) is 1. The lowest BCUT2D eigenvalue weighted by Gasteiger charge is -2.11. The highest BCUT2D eigenvalue weighted by atomic mass is 32.2. The molecule has 0 fully saturated rings. The third-order valence-electron chi connectivity index (χ3n) is 4.06. The summed E-state index contributed by atoms with van der Waals surface area (Å²) in [5.74, 6) is 0.342. The zero-order valence-electron chi connectivity index (χ0n) is 14.4. The number of sulfonamides is 1. The molecule has 134 valence electrons. The maximum Gasteiger partial charge on any atom is 0.271 e. The number of hydrogen-bond donors (Lipinski definition) is 2. The van der Waals surface area contributed by atoms with Crippen LogP contribution >= 0.6 is 0 Å². The van der Waals surface area contributed by atoms with Gasteiger partial charge in [0.25, 0.3) is 5.56 Å². The number of hydrogen-bond acceptors (Lipinski definition) is 4. The average Bonchev–Trinajstić information content (AvgIpc) is 2.88. The number of primary sulfonamides is 1. The van der Waals surface area contributed by atoms with E-state index in [1.54, 1.807) is 22.9 Å². The molecule has 1 aromatic heterocycles. The number of fused-ring (bicyclic) bond motifs is 1. The van der Waals surface area contributed by atoms with Gasteiger partial charge in [-0.1, -0.05) is 26.0 Å². The predicted molar refractivity (Wildman–Crippen MR) is 98.9 cm³/mol. The largest absolute Gasteiger partial charge is 0.284 e. The van der Waals surface area contributed by atoms with Crippen LogP contribution in [0.3, 0.4) is 0 Å². The molecule has 0 saturated heterocycles. The van der Waals surface area contributed by atoms with Crippen LogP contribution in [0.25, 0.3) is 22.0 Å². The molecular weight excluding hydrogens is 352 g/mol. The van der Waals surface area contributed by atoms with E-state index in [9.17, 15) is 18.5 Å². The van der Waals surface area contributed by atoms with E-state index in [0.717, 1.165) is 5.52 Å². The number of aromatic amines is 1. The summed E-state index contributed by atoms with van der Waals surface area (Å²) in [7, 11) is -4.03. The van der Waals surface area contributed by atoms with Crippen molar-refractivity contribution in [3.63, 3.8) is 0 Å². The van der Waals surface area contributed by atoms with Gasteiger partial charge >= 0.3 is 0 Å². The van der Waals surface area contributed by atoms with Crippen molar-refractivity contribution < 1.29 is 8.42 Å². The number of nitriles is 1. The number of rotatable bonds is 4. The van der Waals surface area contributed by atoms with Crippen LogP contribution in [-0.4, -0.2) is 18.2 Å². The highest BCUT2D eigenvalue weighted by molar-refractivity contribution is 7.89. The topological polar surface area (TPSA) is 122 Å². The Bertz CT molecular complexity index is 1200. The fraction of sp³-hybridized carbons (Fsp3) is 0.222. The summed E-state index contributed by atoms with van der Waals surface area (Å²) >= 11 is 0. The minimum absolute atomic E-state index is 0.144. The molecule has 1 heterocycles. The minimum Gasteiger partial charge on any atom is -0.284 e.